The number of rotatable bonds is 3. The number of benzene rings is 1. The Morgan fingerprint density at radius 3 is 2.05 bits per heavy atom. The predicted octanol–water partition coefficient (Wildman–Crippen LogP) is 0.722. The van der Waals surface area contributed by atoms with Crippen molar-refractivity contribution < 1.29 is 26.1 Å². The molecule has 0 N–H and O–H groups in total. The highest BCUT2D eigenvalue weighted by Crippen LogP contribution is 2.20. The van der Waals surface area contributed by atoms with Gasteiger partial charge in [-0.1, -0.05) is 0 Å². The summed E-state index contributed by atoms with van der Waals surface area (Å²) >= 11 is 0. The lowest BCUT2D eigenvalue weighted by Crippen LogP contribution is -2.29. The fraction of sp³-hybridized carbons (Fsp3) is 0.417. The Kier molecular flexibility index (Phi) is 4.52. The Balaban J connectivity index is 3.63. The summed E-state index contributed by atoms with van der Waals surface area (Å²) in [6.07, 6.45) is 1.85. The molecule has 1 aromatic rings. The predicted molar refractivity (Wildman–Crippen MR) is 76.1 cm³/mol. The first-order chi connectivity index (χ1) is 9.23. The molecule has 21 heavy (non-hydrogen) atoms. The molecule has 0 aliphatic rings. The molecule has 0 atom stereocenters. The van der Waals surface area contributed by atoms with E-state index in [-0.39, 0.29) is 10.5 Å². The van der Waals surface area contributed by atoms with Gasteiger partial charge in [-0.05, 0) is 18.2 Å². The second-order valence-electron chi connectivity index (χ2n) is 5.55. The van der Waals surface area contributed by atoms with Crippen LogP contribution in [-0.2, 0) is 20.0 Å². The first kappa shape index (κ1) is 17.6. The Morgan fingerprint density at radius 1 is 1.14 bits per heavy atom. The van der Waals surface area contributed by atoms with Crippen LogP contribution in [0.3, 0.4) is 0 Å². The van der Waals surface area contributed by atoms with Gasteiger partial charge in [-0.3, -0.25) is 0 Å². The standard InChI is InChI=1S/C12H17NO6S2/c1-12(2,3)13(14)8-9-5-6-10(20(4,15)16)7-11(9)21(17,18)19/h5-8H,1-4H3,(H,17,18,19)/p-1/b13-8-. The highest BCUT2D eigenvalue weighted by Gasteiger charge is 2.21. The average Bonchev–Trinajstić information content (AvgIpc) is 2.25. The van der Waals surface area contributed by atoms with Crippen LogP contribution in [0.25, 0.3) is 0 Å². The van der Waals surface area contributed by atoms with Crippen LogP contribution in [0.5, 0.6) is 0 Å². The summed E-state index contributed by atoms with van der Waals surface area (Å²) in [5.41, 5.74) is -0.985. The van der Waals surface area contributed by atoms with E-state index in [1.807, 2.05) is 0 Å². The molecular weight excluding hydrogens is 318 g/mol. The van der Waals surface area contributed by atoms with Crippen molar-refractivity contribution in [3.8, 4) is 0 Å². The highest BCUT2D eigenvalue weighted by atomic mass is 32.2. The molecule has 7 nitrogen and oxygen atoms in total. The van der Waals surface area contributed by atoms with Crippen molar-refractivity contribution in [1.82, 2.24) is 0 Å². The molecule has 0 spiro atoms. The maximum Gasteiger partial charge on any atom is 0.183 e. The summed E-state index contributed by atoms with van der Waals surface area (Å²) in [6.45, 7) is 4.81. The van der Waals surface area contributed by atoms with E-state index in [9.17, 15) is 26.6 Å². The van der Waals surface area contributed by atoms with Crippen molar-refractivity contribution in [3.05, 3.63) is 29.0 Å². The Bertz CT molecular complexity index is 786. The van der Waals surface area contributed by atoms with Crippen LogP contribution >= 0.6 is 0 Å². The molecule has 0 amide bonds. The number of hydroxylamine groups is 1. The number of hydrogen-bond donors (Lipinski definition) is 0. The maximum atomic E-state index is 11.8. The summed E-state index contributed by atoms with van der Waals surface area (Å²) < 4.78 is 57.2. The molecule has 1 rings (SSSR count). The van der Waals surface area contributed by atoms with Crippen LogP contribution < -0.4 is 0 Å². The van der Waals surface area contributed by atoms with E-state index in [1.165, 1.54) is 0 Å². The lowest BCUT2D eigenvalue weighted by atomic mass is 10.1. The van der Waals surface area contributed by atoms with Crippen LogP contribution in [0, 0.1) is 5.21 Å². The van der Waals surface area contributed by atoms with E-state index >= 15 is 0 Å². The second kappa shape index (κ2) is 5.39. The van der Waals surface area contributed by atoms with Crippen molar-refractivity contribution in [2.45, 2.75) is 36.1 Å². The average molecular weight is 334 g/mol. The number of sulfone groups is 1. The van der Waals surface area contributed by atoms with E-state index < -0.39 is 30.4 Å². The third kappa shape index (κ3) is 4.51. The first-order valence-corrected chi connectivity index (χ1v) is 9.14. The van der Waals surface area contributed by atoms with Crippen molar-refractivity contribution in [1.29, 1.82) is 0 Å². The van der Waals surface area contributed by atoms with Crippen LogP contribution in [0.4, 0.5) is 0 Å². The maximum absolute atomic E-state index is 11.8. The van der Waals surface area contributed by atoms with Crippen molar-refractivity contribution in [2.24, 2.45) is 0 Å². The van der Waals surface area contributed by atoms with Crippen molar-refractivity contribution in [2.75, 3.05) is 6.26 Å². The molecule has 1 aromatic carbocycles. The zero-order valence-electron chi connectivity index (χ0n) is 12.0. The molecule has 0 bridgehead atoms. The Hall–Kier alpha value is -1.45. The number of nitrogens with zero attached hydrogens (tertiary/aromatic N) is 1. The minimum atomic E-state index is -4.92. The molecule has 0 fully saturated rings. The third-order valence-electron chi connectivity index (χ3n) is 2.60. The fourth-order valence-electron chi connectivity index (χ4n) is 1.39. The topological polar surface area (TPSA) is 117 Å². The van der Waals surface area contributed by atoms with E-state index in [0.29, 0.717) is 4.74 Å². The van der Waals surface area contributed by atoms with Gasteiger partial charge in [0.2, 0.25) is 0 Å². The van der Waals surface area contributed by atoms with Gasteiger partial charge in [0.1, 0.15) is 10.1 Å². The van der Waals surface area contributed by atoms with E-state index in [2.05, 4.69) is 0 Å². The first-order valence-electron chi connectivity index (χ1n) is 5.84. The molecule has 0 unspecified atom stereocenters. The van der Waals surface area contributed by atoms with Gasteiger partial charge >= 0.3 is 0 Å². The number of hydrogen-bond acceptors (Lipinski definition) is 6. The molecule has 9 heteroatoms. The molecule has 0 aromatic heterocycles. The molecule has 0 saturated carbocycles. The SMILES string of the molecule is CC(C)(C)/[N+]([O-])=C/c1ccc(S(C)(=O)=O)cc1S(=O)(=O)[O-]. The lowest BCUT2D eigenvalue weighted by Gasteiger charge is -2.19. The van der Waals surface area contributed by atoms with Crippen molar-refractivity contribution >= 4 is 26.2 Å². The Morgan fingerprint density at radius 2 is 1.67 bits per heavy atom. The van der Waals surface area contributed by atoms with E-state index in [4.69, 9.17) is 0 Å². The fourth-order valence-corrected chi connectivity index (χ4v) is 2.79. The summed E-state index contributed by atoms with van der Waals surface area (Å²) in [5.74, 6) is 0. The van der Waals surface area contributed by atoms with Gasteiger partial charge in [-0.25, -0.2) is 21.6 Å². The summed E-state index contributed by atoms with van der Waals surface area (Å²) in [7, 11) is -8.59. The second-order valence-corrected chi connectivity index (χ2v) is 8.92. The molecule has 118 valence electrons. The smallest absolute Gasteiger partial charge is 0.183 e. The Labute approximate surface area is 124 Å². The molecule has 0 radical (unpaired) electrons. The normalized spacial score (nSPS) is 14.2. The molecule has 0 aliphatic heterocycles. The van der Waals surface area contributed by atoms with Gasteiger partial charge in [0.05, 0.1) is 15.4 Å². The largest absolute Gasteiger partial charge is 0.744 e. The van der Waals surface area contributed by atoms with Crippen LogP contribution in [0.2, 0.25) is 0 Å². The molecule has 0 heterocycles. The van der Waals surface area contributed by atoms with Crippen LogP contribution in [0.15, 0.2) is 28.0 Å². The van der Waals surface area contributed by atoms with Crippen LogP contribution in [0.1, 0.15) is 26.3 Å². The molecular formula is C12H16NO6S2-. The third-order valence-corrected chi connectivity index (χ3v) is 4.60. The van der Waals surface area contributed by atoms with Crippen LogP contribution in [-0.4, -0.2) is 44.1 Å². The van der Waals surface area contributed by atoms with Crippen molar-refractivity contribution in [3.63, 3.8) is 0 Å². The molecule has 0 aliphatic carbocycles. The zero-order valence-corrected chi connectivity index (χ0v) is 13.7. The quantitative estimate of drug-likeness (QED) is 0.264. The summed E-state index contributed by atoms with van der Waals surface area (Å²) in [4.78, 5) is -1.04. The van der Waals surface area contributed by atoms with E-state index in [1.54, 1.807) is 20.8 Å². The zero-order chi connectivity index (χ0) is 16.6. The van der Waals surface area contributed by atoms with E-state index in [0.717, 1.165) is 30.7 Å². The summed E-state index contributed by atoms with van der Waals surface area (Å²) in [6, 6.07) is 3.03. The highest BCUT2D eigenvalue weighted by molar-refractivity contribution is 7.90. The van der Waals surface area contributed by atoms with Gasteiger partial charge in [-0.15, -0.1) is 0 Å². The monoisotopic (exact) mass is 334 g/mol. The van der Waals surface area contributed by atoms with Gasteiger partial charge in [-0.2, -0.15) is 0 Å². The molecule has 0 saturated heterocycles. The van der Waals surface area contributed by atoms with Gasteiger partial charge in [0, 0.05) is 27.0 Å². The van der Waals surface area contributed by atoms with Gasteiger partial charge < -0.3 is 9.76 Å². The van der Waals surface area contributed by atoms with Gasteiger partial charge in [0.15, 0.2) is 21.6 Å². The summed E-state index contributed by atoms with van der Waals surface area (Å²) in [5, 5.41) is 11.8. The lowest BCUT2D eigenvalue weighted by molar-refractivity contribution is -0.530. The minimum Gasteiger partial charge on any atom is -0.744 e. The minimum absolute atomic E-state index is 0.151. The van der Waals surface area contributed by atoms with Gasteiger partial charge in [0.25, 0.3) is 0 Å².